The predicted octanol–water partition coefficient (Wildman–Crippen LogP) is 14.8. The van der Waals surface area contributed by atoms with Gasteiger partial charge in [0.1, 0.15) is 11.2 Å². The lowest BCUT2D eigenvalue weighted by molar-refractivity contribution is 0.669. The molecule has 0 fully saturated rings. The fraction of sp³-hybridized carbons (Fsp3) is 0.0526. The van der Waals surface area contributed by atoms with E-state index in [4.69, 9.17) is 4.42 Å². The topological polar surface area (TPSA) is 16.4 Å². The third-order valence-electron chi connectivity index (χ3n) is 13.2. The largest absolute Gasteiger partial charge is 0.456 e. The van der Waals surface area contributed by atoms with Crippen molar-refractivity contribution in [2.75, 3.05) is 4.90 Å². The monoisotopic (exact) mass is 753 g/mol. The zero-order valence-electron chi connectivity index (χ0n) is 32.6. The second kappa shape index (κ2) is 12.8. The molecule has 0 saturated heterocycles. The molecule has 1 aromatic heterocycles. The van der Waals surface area contributed by atoms with Crippen molar-refractivity contribution in [1.29, 1.82) is 0 Å². The third-order valence-corrected chi connectivity index (χ3v) is 13.2. The molecule has 0 amide bonds. The van der Waals surface area contributed by atoms with Crippen LogP contribution in [0.5, 0.6) is 0 Å². The molecule has 2 heteroatoms. The van der Waals surface area contributed by atoms with E-state index in [0.717, 1.165) is 39.0 Å². The molecular formula is C57H39NO. The summed E-state index contributed by atoms with van der Waals surface area (Å²) in [5.41, 5.74) is 18.3. The molecular weight excluding hydrogens is 715 g/mol. The van der Waals surface area contributed by atoms with Gasteiger partial charge in [0, 0.05) is 33.1 Å². The van der Waals surface area contributed by atoms with Crippen LogP contribution in [0.2, 0.25) is 0 Å². The fourth-order valence-corrected chi connectivity index (χ4v) is 10.6. The molecule has 10 aromatic rings. The van der Waals surface area contributed by atoms with E-state index < -0.39 is 5.41 Å². The molecule has 1 heterocycles. The molecule has 12 rings (SSSR count). The summed E-state index contributed by atoms with van der Waals surface area (Å²) in [5, 5.41) is 2.21. The summed E-state index contributed by atoms with van der Waals surface area (Å²) in [6.45, 7) is 2.40. The van der Waals surface area contributed by atoms with Crippen molar-refractivity contribution in [3.8, 4) is 22.3 Å². The molecule has 0 spiro atoms. The number of hydrogen-bond acceptors (Lipinski definition) is 2. The van der Waals surface area contributed by atoms with E-state index in [-0.39, 0.29) is 5.41 Å². The van der Waals surface area contributed by atoms with Crippen LogP contribution in [0.4, 0.5) is 17.1 Å². The summed E-state index contributed by atoms with van der Waals surface area (Å²) in [4.78, 5) is 2.50. The van der Waals surface area contributed by atoms with Gasteiger partial charge in [-0.15, -0.1) is 0 Å². The van der Waals surface area contributed by atoms with E-state index >= 15 is 0 Å². The van der Waals surface area contributed by atoms with Crippen molar-refractivity contribution in [3.63, 3.8) is 0 Å². The second-order valence-electron chi connectivity index (χ2n) is 16.1. The molecule has 59 heavy (non-hydrogen) atoms. The average molecular weight is 754 g/mol. The first-order valence-corrected chi connectivity index (χ1v) is 20.5. The van der Waals surface area contributed by atoms with Gasteiger partial charge in [-0.25, -0.2) is 0 Å². The summed E-state index contributed by atoms with van der Waals surface area (Å²) in [6.07, 6.45) is 0. The number of anilines is 3. The molecule has 278 valence electrons. The Kier molecular flexibility index (Phi) is 7.31. The number of fused-ring (bicyclic) bond motifs is 9. The lowest BCUT2D eigenvalue weighted by atomic mass is 9.68. The standard InChI is InChI=1S/C57H39NO/c1-56(38-18-5-2-6-19-38)48-27-14-11-24-43(48)44-34-32-42(37-51(44)56)58(41-33-35-54-47(36-41)45-25-13-16-31-53(45)59-54)52-30-17-29-50-55(52)46-26-12-15-28-49(46)57(50,39-20-7-3-8-21-39)40-22-9-4-10-23-40/h2-37H,1H3. The minimum atomic E-state index is -0.522. The number of furan rings is 1. The first-order chi connectivity index (χ1) is 29.2. The van der Waals surface area contributed by atoms with E-state index in [1.54, 1.807) is 0 Å². The zero-order chi connectivity index (χ0) is 39.1. The Bertz CT molecular complexity index is 3200. The van der Waals surface area contributed by atoms with Gasteiger partial charge in [-0.1, -0.05) is 176 Å². The smallest absolute Gasteiger partial charge is 0.135 e. The van der Waals surface area contributed by atoms with Crippen LogP contribution in [0.25, 0.3) is 44.2 Å². The van der Waals surface area contributed by atoms with Crippen LogP contribution >= 0.6 is 0 Å². The lowest BCUT2D eigenvalue weighted by Gasteiger charge is -2.34. The maximum Gasteiger partial charge on any atom is 0.135 e. The number of nitrogens with zero attached hydrogens (tertiary/aromatic N) is 1. The summed E-state index contributed by atoms with van der Waals surface area (Å²) in [6, 6.07) is 80.2. The molecule has 2 aliphatic rings. The summed E-state index contributed by atoms with van der Waals surface area (Å²) in [7, 11) is 0. The molecule has 0 bridgehead atoms. The van der Waals surface area contributed by atoms with Gasteiger partial charge in [-0.05, 0) is 105 Å². The Labute approximate surface area is 344 Å². The Balaban J connectivity index is 1.17. The summed E-state index contributed by atoms with van der Waals surface area (Å²) < 4.78 is 6.40. The quantitative estimate of drug-likeness (QED) is 0.168. The van der Waals surface area contributed by atoms with Crippen LogP contribution in [0, 0.1) is 0 Å². The summed E-state index contributed by atoms with van der Waals surface area (Å²) >= 11 is 0. The number of para-hydroxylation sites is 1. The Morgan fingerprint density at radius 3 is 1.66 bits per heavy atom. The van der Waals surface area contributed by atoms with Crippen molar-refractivity contribution in [3.05, 3.63) is 257 Å². The lowest BCUT2D eigenvalue weighted by Crippen LogP contribution is -2.28. The van der Waals surface area contributed by atoms with Gasteiger partial charge in [0.05, 0.1) is 11.1 Å². The summed E-state index contributed by atoms with van der Waals surface area (Å²) in [5.74, 6) is 0. The molecule has 1 atom stereocenters. The number of hydrogen-bond donors (Lipinski definition) is 0. The maximum atomic E-state index is 6.40. The van der Waals surface area contributed by atoms with Crippen molar-refractivity contribution in [2.45, 2.75) is 17.8 Å². The minimum absolute atomic E-state index is 0.347. The van der Waals surface area contributed by atoms with Gasteiger partial charge >= 0.3 is 0 Å². The van der Waals surface area contributed by atoms with Crippen LogP contribution in [0.3, 0.4) is 0 Å². The van der Waals surface area contributed by atoms with Crippen molar-refractivity contribution < 1.29 is 4.42 Å². The van der Waals surface area contributed by atoms with Crippen LogP contribution in [-0.4, -0.2) is 0 Å². The van der Waals surface area contributed by atoms with E-state index in [9.17, 15) is 0 Å². The highest BCUT2D eigenvalue weighted by Crippen LogP contribution is 2.60. The highest BCUT2D eigenvalue weighted by molar-refractivity contribution is 6.07. The van der Waals surface area contributed by atoms with Crippen molar-refractivity contribution in [1.82, 2.24) is 0 Å². The van der Waals surface area contributed by atoms with E-state index in [1.165, 1.54) is 61.2 Å². The van der Waals surface area contributed by atoms with Gasteiger partial charge in [0.15, 0.2) is 0 Å². The fourth-order valence-electron chi connectivity index (χ4n) is 10.6. The molecule has 0 aliphatic heterocycles. The van der Waals surface area contributed by atoms with Crippen LogP contribution in [0.1, 0.15) is 45.9 Å². The highest BCUT2D eigenvalue weighted by Gasteiger charge is 2.47. The minimum Gasteiger partial charge on any atom is -0.456 e. The van der Waals surface area contributed by atoms with E-state index in [1.807, 2.05) is 6.07 Å². The maximum absolute atomic E-state index is 6.40. The number of benzene rings is 9. The van der Waals surface area contributed by atoms with Crippen LogP contribution in [-0.2, 0) is 10.8 Å². The molecule has 0 saturated carbocycles. The van der Waals surface area contributed by atoms with E-state index in [0.29, 0.717) is 0 Å². The average Bonchev–Trinajstić information content (AvgIpc) is 3.92. The SMILES string of the molecule is CC1(c2ccccc2)c2ccccc2-c2ccc(N(c3ccc4oc5ccccc5c4c3)c3cccc4c3-c3ccccc3C4(c3ccccc3)c3ccccc3)cc21. The molecule has 2 nitrogen and oxygen atoms in total. The van der Waals surface area contributed by atoms with Gasteiger partial charge in [0.25, 0.3) is 0 Å². The molecule has 9 aromatic carbocycles. The first-order valence-electron chi connectivity index (χ1n) is 20.5. The van der Waals surface area contributed by atoms with Crippen LogP contribution in [0.15, 0.2) is 223 Å². The zero-order valence-corrected chi connectivity index (χ0v) is 32.6. The number of rotatable bonds is 6. The highest BCUT2D eigenvalue weighted by atomic mass is 16.3. The Morgan fingerprint density at radius 1 is 0.373 bits per heavy atom. The molecule has 1 unspecified atom stereocenters. The molecule has 2 aliphatic carbocycles. The van der Waals surface area contributed by atoms with Crippen molar-refractivity contribution in [2.24, 2.45) is 0 Å². The first kappa shape index (κ1) is 33.7. The van der Waals surface area contributed by atoms with E-state index in [2.05, 4.69) is 224 Å². The Morgan fingerprint density at radius 2 is 0.915 bits per heavy atom. The normalized spacial score (nSPS) is 15.7. The predicted molar refractivity (Wildman–Crippen MR) is 243 cm³/mol. The second-order valence-corrected chi connectivity index (χ2v) is 16.1. The van der Waals surface area contributed by atoms with Gasteiger partial charge < -0.3 is 9.32 Å². The van der Waals surface area contributed by atoms with Crippen LogP contribution < -0.4 is 4.90 Å². The Hall–Kier alpha value is -7.42. The van der Waals surface area contributed by atoms with Gasteiger partial charge in [-0.3, -0.25) is 0 Å². The van der Waals surface area contributed by atoms with Crippen molar-refractivity contribution >= 4 is 39.0 Å². The molecule has 0 N–H and O–H groups in total. The van der Waals surface area contributed by atoms with Gasteiger partial charge in [0.2, 0.25) is 0 Å². The van der Waals surface area contributed by atoms with Gasteiger partial charge in [-0.2, -0.15) is 0 Å². The third kappa shape index (κ3) is 4.69. The molecule has 0 radical (unpaired) electrons.